The summed E-state index contributed by atoms with van der Waals surface area (Å²) in [4.78, 5) is 23.8. The second kappa shape index (κ2) is 5.76. The lowest BCUT2D eigenvalue weighted by Crippen LogP contribution is -2.10. The highest BCUT2D eigenvalue weighted by Gasteiger charge is 2.18. The molecule has 0 aliphatic rings. The maximum Gasteiger partial charge on any atom is 0.379 e. The summed E-state index contributed by atoms with van der Waals surface area (Å²) in [6, 6.07) is 6.60. The topological polar surface area (TPSA) is 69.7 Å². The van der Waals surface area contributed by atoms with Crippen molar-refractivity contribution in [3.63, 3.8) is 0 Å². The van der Waals surface area contributed by atoms with E-state index in [4.69, 9.17) is 13.6 Å². The van der Waals surface area contributed by atoms with E-state index >= 15 is 0 Å². The van der Waals surface area contributed by atoms with Crippen molar-refractivity contribution >= 4 is 16.9 Å². The molecule has 0 N–H and O–H groups in total. The Hall–Kier alpha value is -2.82. The van der Waals surface area contributed by atoms with Gasteiger partial charge in [0.05, 0.1) is 6.26 Å². The fraction of sp³-hybridized carbons (Fsp3) is 0.222. The van der Waals surface area contributed by atoms with Crippen LogP contribution in [-0.4, -0.2) is 5.97 Å². The van der Waals surface area contributed by atoms with E-state index in [0.29, 0.717) is 23.3 Å². The third kappa shape index (κ3) is 2.77. The molecule has 0 spiro atoms. The predicted octanol–water partition coefficient (Wildman–Crippen LogP) is 3.78. The van der Waals surface area contributed by atoms with Crippen LogP contribution in [0.15, 0.2) is 44.2 Å². The van der Waals surface area contributed by atoms with Crippen LogP contribution < -0.4 is 10.4 Å². The molecule has 1 aromatic carbocycles. The van der Waals surface area contributed by atoms with Crippen LogP contribution in [0.3, 0.4) is 0 Å². The van der Waals surface area contributed by atoms with Gasteiger partial charge in [0, 0.05) is 23.1 Å². The summed E-state index contributed by atoms with van der Waals surface area (Å²) in [5.74, 6) is -0.0380. The summed E-state index contributed by atoms with van der Waals surface area (Å²) in [6.07, 6.45) is 2.11. The van der Waals surface area contributed by atoms with Crippen molar-refractivity contribution in [2.75, 3.05) is 0 Å². The average Bonchev–Trinajstić information content (AvgIpc) is 2.92. The Morgan fingerprint density at radius 1 is 1.17 bits per heavy atom. The van der Waals surface area contributed by atoms with Crippen molar-refractivity contribution < 1.29 is 18.4 Å². The van der Waals surface area contributed by atoms with E-state index in [0.717, 1.165) is 16.5 Å². The Morgan fingerprint density at radius 3 is 2.61 bits per heavy atom. The van der Waals surface area contributed by atoms with Crippen LogP contribution in [-0.2, 0) is 6.42 Å². The molecule has 3 aromatic rings. The summed E-state index contributed by atoms with van der Waals surface area (Å²) in [7, 11) is 0. The number of carbonyl (C=O) groups excluding carboxylic acids is 1. The molecule has 0 saturated carbocycles. The van der Waals surface area contributed by atoms with E-state index in [1.54, 1.807) is 19.1 Å². The molecule has 0 unspecified atom stereocenters. The van der Waals surface area contributed by atoms with Gasteiger partial charge in [-0.05, 0) is 43.5 Å². The minimum Gasteiger partial charge on any atom is -0.457 e. The third-order valence-corrected chi connectivity index (χ3v) is 3.76. The van der Waals surface area contributed by atoms with Crippen LogP contribution in [0, 0.1) is 13.8 Å². The standard InChI is InChI=1S/C18H16O5/c1-4-12-8-13-11(3)7-16(19)22-15(13)9-14(12)23-18(20)17-10(2)5-6-21-17/h5-9H,4H2,1-3H3. The molecule has 2 heterocycles. The fourth-order valence-electron chi connectivity index (χ4n) is 2.49. The van der Waals surface area contributed by atoms with E-state index in [9.17, 15) is 9.59 Å². The molecule has 0 saturated heterocycles. The molecule has 0 fully saturated rings. The summed E-state index contributed by atoms with van der Waals surface area (Å²) >= 11 is 0. The molecule has 0 atom stereocenters. The van der Waals surface area contributed by atoms with Crippen LogP contribution in [0.25, 0.3) is 11.0 Å². The molecule has 0 aliphatic heterocycles. The maximum absolute atomic E-state index is 12.2. The molecule has 2 aromatic heterocycles. The summed E-state index contributed by atoms with van der Waals surface area (Å²) < 4.78 is 15.8. The lowest BCUT2D eigenvalue weighted by atomic mass is 10.1. The van der Waals surface area contributed by atoms with Crippen molar-refractivity contribution in [2.45, 2.75) is 27.2 Å². The van der Waals surface area contributed by atoms with Gasteiger partial charge in [-0.1, -0.05) is 6.92 Å². The van der Waals surface area contributed by atoms with Gasteiger partial charge < -0.3 is 13.6 Å². The zero-order valence-corrected chi connectivity index (χ0v) is 13.1. The normalized spacial score (nSPS) is 10.9. The molecule has 23 heavy (non-hydrogen) atoms. The van der Waals surface area contributed by atoms with E-state index in [-0.39, 0.29) is 5.76 Å². The average molecular weight is 312 g/mol. The maximum atomic E-state index is 12.2. The minimum atomic E-state index is -0.573. The number of aryl methyl sites for hydroxylation is 3. The molecular formula is C18H16O5. The predicted molar refractivity (Wildman–Crippen MR) is 85.0 cm³/mol. The van der Waals surface area contributed by atoms with Gasteiger partial charge in [-0.2, -0.15) is 0 Å². The number of ether oxygens (including phenoxy) is 1. The third-order valence-electron chi connectivity index (χ3n) is 3.76. The number of hydrogen-bond acceptors (Lipinski definition) is 5. The zero-order valence-electron chi connectivity index (χ0n) is 13.1. The van der Waals surface area contributed by atoms with Crippen LogP contribution >= 0.6 is 0 Å². The van der Waals surface area contributed by atoms with Crippen LogP contribution in [0.1, 0.15) is 34.2 Å². The quantitative estimate of drug-likeness (QED) is 0.418. The summed E-state index contributed by atoms with van der Waals surface area (Å²) in [5, 5.41) is 0.829. The second-order valence-electron chi connectivity index (χ2n) is 5.38. The smallest absolute Gasteiger partial charge is 0.379 e. The van der Waals surface area contributed by atoms with Crippen LogP contribution in [0.4, 0.5) is 0 Å². The van der Waals surface area contributed by atoms with Crippen LogP contribution in [0.2, 0.25) is 0 Å². The largest absolute Gasteiger partial charge is 0.457 e. The molecule has 5 heteroatoms. The zero-order chi connectivity index (χ0) is 16.6. The highest BCUT2D eigenvalue weighted by molar-refractivity contribution is 5.91. The van der Waals surface area contributed by atoms with Gasteiger partial charge in [0.2, 0.25) is 5.76 Å². The monoisotopic (exact) mass is 312 g/mol. The Bertz CT molecular complexity index is 946. The molecule has 0 aliphatic carbocycles. The molecular weight excluding hydrogens is 296 g/mol. The van der Waals surface area contributed by atoms with Gasteiger partial charge in [0.25, 0.3) is 0 Å². The number of benzene rings is 1. The number of esters is 1. The van der Waals surface area contributed by atoms with E-state index in [2.05, 4.69) is 0 Å². The molecule has 118 valence electrons. The van der Waals surface area contributed by atoms with Crippen molar-refractivity contribution in [3.05, 3.63) is 63.4 Å². The lowest BCUT2D eigenvalue weighted by molar-refractivity contribution is 0.0699. The lowest BCUT2D eigenvalue weighted by Gasteiger charge is -2.10. The van der Waals surface area contributed by atoms with Gasteiger partial charge in [-0.3, -0.25) is 0 Å². The number of hydrogen-bond donors (Lipinski definition) is 0. The minimum absolute atomic E-state index is 0.165. The van der Waals surface area contributed by atoms with Gasteiger partial charge in [0.15, 0.2) is 0 Å². The van der Waals surface area contributed by atoms with E-state index in [1.807, 2.05) is 19.9 Å². The highest BCUT2D eigenvalue weighted by atomic mass is 16.5. The van der Waals surface area contributed by atoms with Crippen molar-refractivity contribution in [1.29, 1.82) is 0 Å². The first kappa shape index (κ1) is 15.1. The second-order valence-corrected chi connectivity index (χ2v) is 5.38. The summed E-state index contributed by atoms with van der Waals surface area (Å²) in [6.45, 7) is 5.57. The van der Waals surface area contributed by atoms with Gasteiger partial charge >= 0.3 is 11.6 Å². The number of rotatable bonds is 3. The highest BCUT2D eigenvalue weighted by Crippen LogP contribution is 2.28. The van der Waals surface area contributed by atoms with Gasteiger partial charge in [-0.25, -0.2) is 9.59 Å². The number of fused-ring (bicyclic) bond motifs is 1. The SMILES string of the molecule is CCc1cc2c(C)cc(=O)oc2cc1OC(=O)c1occc1C. The first-order valence-electron chi connectivity index (χ1n) is 7.33. The van der Waals surface area contributed by atoms with Gasteiger partial charge in [-0.15, -0.1) is 0 Å². The van der Waals surface area contributed by atoms with Crippen molar-refractivity contribution in [2.24, 2.45) is 0 Å². The molecule has 5 nitrogen and oxygen atoms in total. The molecule has 3 rings (SSSR count). The van der Waals surface area contributed by atoms with E-state index in [1.165, 1.54) is 12.3 Å². The van der Waals surface area contributed by atoms with Crippen molar-refractivity contribution in [1.82, 2.24) is 0 Å². The molecule has 0 radical (unpaired) electrons. The Kier molecular flexibility index (Phi) is 3.78. The molecule has 0 bridgehead atoms. The molecule has 0 amide bonds. The first-order chi connectivity index (χ1) is 11.0. The Labute approximate surface area is 132 Å². The van der Waals surface area contributed by atoms with E-state index < -0.39 is 11.6 Å². The number of furan rings is 1. The van der Waals surface area contributed by atoms with Gasteiger partial charge in [0.1, 0.15) is 11.3 Å². The van der Waals surface area contributed by atoms with Crippen LogP contribution in [0.5, 0.6) is 5.75 Å². The Morgan fingerprint density at radius 2 is 1.96 bits per heavy atom. The fourth-order valence-corrected chi connectivity index (χ4v) is 2.49. The first-order valence-corrected chi connectivity index (χ1v) is 7.33. The Balaban J connectivity index is 2.08. The summed E-state index contributed by atoms with van der Waals surface area (Å²) in [5.41, 5.74) is 2.35. The number of carbonyl (C=O) groups is 1. The van der Waals surface area contributed by atoms with Crippen molar-refractivity contribution in [3.8, 4) is 5.75 Å².